The summed E-state index contributed by atoms with van der Waals surface area (Å²) in [6.07, 6.45) is 7.52. The van der Waals surface area contributed by atoms with E-state index in [1.165, 1.54) is 10.4 Å². The summed E-state index contributed by atoms with van der Waals surface area (Å²) in [6, 6.07) is 6.44. The highest BCUT2D eigenvalue weighted by atomic mass is 32.1. The van der Waals surface area contributed by atoms with Crippen molar-refractivity contribution in [3.8, 4) is 17.6 Å². The van der Waals surface area contributed by atoms with Crippen molar-refractivity contribution < 1.29 is 9.47 Å². The molecule has 0 aliphatic heterocycles. The van der Waals surface area contributed by atoms with Crippen LogP contribution in [-0.4, -0.2) is 19.4 Å². The molecule has 1 aliphatic rings. The first-order valence-corrected chi connectivity index (χ1v) is 12.3. The van der Waals surface area contributed by atoms with Crippen LogP contribution in [0.15, 0.2) is 29.8 Å². The Kier molecular flexibility index (Phi) is 7.79. The van der Waals surface area contributed by atoms with Crippen LogP contribution in [0.4, 0.5) is 5.00 Å². The Bertz CT molecular complexity index is 1040. The van der Waals surface area contributed by atoms with E-state index >= 15 is 0 Å². The predicted molar refractivity (Wildman–Crippen MR) is 134 cm³/mol. The van der Waals surface area contributed by atoms with Gasteiger partial charge in [-0.05, 0) is 74.1 Å². The third kappa shape index (κ3) is 5.24. The first-order chi connectivity index (χ1) is 15.3. The van der Waals surface area contributed by atoms with Crippen LogP contribution < -0.4 is 9.47 Å². The molecule has 0 bridgehead atoms. The molecule has 1 aliphatic carbocycles. The second-order valence-corrected chi connectivity index (χ2v) is 10.3. The molecule has 0 amide bonds. The van der Waals surface area contributed by atoms with Crippen molar-refractivity contribution in [2.24, 2.45) is 16.3 Å². The smallest absolute Gasteiger partial charge is 0.164 e. The minimum Gasteiger partial charge on any atom is -0.490 e. The van der Waals surface area contributed by atoms with Gasteiger partial charge in [0.2, 0.25) is 0 Å². The van der Waals surface area contributed by atoms with Crippen LogP contribution in [-0.2, 0) is 19.3 Å². The summed E-state index contributed by atoms with van der Waals surface area (Å²) < 4.78 is 11.7. The number of rotatable bonds is 8. The van der Waals surface area contributed by atoms with Crippen molar-refractivity contribution in [1.29, 1.82) is 5.26 Å². The molecule has 170 valence electrons. The van der Waals surface area contributed by atoms with Gasteiger partial charge in [0, 0.05) is 16.7 Å². The van der Waals surface area contributed by atoms with E-state index < -0.39 is 0 Å². The number of aliphatic imine (C=N–C) groups is 1. The van der Waals surface area contributed by atoms with Gasteiger partial charge in [-0.1, -0.05) is 26.8 Å². The fraction of sp³-hybridized carbons (Fsp3) is 0.481. The van der Waals surface area contributed by atoms with Crippen LogP contribution in [0.5, 0.6) is 11.5 Å². The molecule has 0 radical (unpaired) electrons. The van der Waals surface area contributed by atoms with E-state index in [0.29, 0.717) is 31.3 Å². The van der Waals surface area contributed by atoms with Gasteiger partial charge in [0.25, 0.3) is 0 Å². The van der Waals surface area contributed by atoms with Crippen molar-refractivity contribution in [2.75, 3.05) is 13.2 Å². The summed E-state index contributed by atoms with van der Waals surface area (Å²) in [5.74, 6) is 2.12. The number of nitrogens with zero attached hydrogens (tertiary/aromatic N) is 2. The zero-order valence-electron chi connectivity index (χ0n) is 20.0. The van der Waals surface area contributed by atoms with Gasteiger partial charge in [-0.2, -0.15) is 5.26 Å². The average Bonchev–Trinajstić information content (AvgIpc) is 3.11. The number of fused-ring (bicyclic) bond motifs is 1. The summed E-state index contributed by atoms with van der Waals surface area (Å²) in [7, 11) is 0. The quantitative estimate of drug-likeness (QED) is 0.320. The first kappa shape index (κ1) is 24.1. The molecule has 5 heteroatoms. The summed E-state index contributed by atoms with van der Waals surface area (Å²) >= 11 is 1.67. The molecule has 0 unspecified atom stereocenters. The molecule has 0 spiro atoms. The summed E-state index contributed by atoms with van der Waals surface area (Å²) in [4.78, 5) is 6.09. The zero-order valence-corrected chi connectivity index (χ0v) is 20.8. The molecule has 2 aromatic rings. The number of thiophene rings is 1. The second kappa shape index (κ2) is 10.4. The van der Waals surface area contributed by atoms with E-state index in [2.05, 4.69) is 39.5 Å². The lowest BCUT2D eigenvalue weighted by atomic mass is 9.72. The lowest BCUT2D eigenvalue weighted by Crippen LogP contribution is -2.26. The molecule has 32 heavy (non-hydrogen) atoms. The van der Waals surface area contributed by atoms with Crippen molar-refractivity contribution in [3.63, 3.8) is 0 Å². The number of allylic oxidation sites excluding steroid dienone is 1. The fourth-order valence-corrected chi connectivity index (χ4v) is 5.51. The van der Waals surface area contributed by atoms with E-state index in [4.69, 9.17) is 14.5 Å². The van der Waals surface area contributed by atoms with Gasteiger partial charge in [-0.15, -0.1) is 17.9 Å². The monoisotopic (exact) mass is 450 g/mol. The summed E-state index contributed by atoms with van der Waals surface area (Å²) in [5.41, 5.74) is 4.18. The number of hydrogen-bond acceptors (Lipinski definition) is 5. The molecular formula is C27H34N2O2S. The van der Waals surface area contributed by atoms with E-state index in [1.54, 1.807) is 11.3 Å². The van der Waals surface area contributed by atoms with E-state index in [1.807, 2.05) is 32.2 Å². The highest BCUT2D eigenvalue weighted by Crippen LogP contribution is 2.45. The maximum Gasteiger partial charge on any atom is 0.164 e. The molecule has 3 rings (SSSR count). The topological polar surface area (TPSA) is 54.6 Å². The minimum absolute atomic E-state index is 0.275. The fourth-order valence-electron chi connectivity index (χ4n) is 4.29. The minimum atomic E-state index is 0.275. The Morgan fingerprint density at radius 3 is 2.62 bits per heavy atom. The third-order valence-corrected chi connectivity index (χ3v) is 7.18. The molecule has 1 aromatic heterocycles. The Hall–Kier alpha value is -2.58. The maximum atomic E-state index is 9.85. The SMILES string of the molecule is C=CCc1cc(C=Nc2sc3c(c2C#N)CC[C@H](C(C)(C)C)C3)cc(OCC)c1OCC. The van der Waals surface area contributed by atoms with E-state index in [0.717, 1.165) is 46.7 Å². The van der Waals surface area contributed by atoms with Crippen LogP contribution >= 0.6 is 11.3 Å². The van der Waals surface area contributed by atoms with Crippen LogP contribution in [0.2, 0.25) is 0 Å². The van der Waals surface area contributed by atoms with E-state index in [-0.39, 0.29) is 5.41 Å². The van der Waals surface area contributed by atoms with Crippen molar-refractivity contribution in [2.45, 2.75) is 60.3 Å². The van der Waals surface area contributed by atoms with Gasteiger partial charge in [0.05, 0.1) is 18.8 Å². The lowest BCUT2D eigenvalue weighted by molar-refractivity contribution is 0.218. The van der Waals surface area contributed by atoms with Crippen LogP contribution in [0, 0.1) is 22.7 Å². The van der Waals surface area contributed by atoms with Crippen LogP contribution in [0.1, 0.15) is 68.2 Å². The molecule has 0 fully saturated rings. The Morgan fingerprint density at radius 2 is 2.00 bits per heavy atom. The van der Waals surface area contributed by atoms with Gasteiger partial charge in [-0.3, -0.25) is 0 Å². The Labute approximate surface area is 196 Å². The van der Waals surface area contributed by atoms with Crippen LogP contribution in [0.25, 0.3) is 0 Å². The Balaban J connectivity index is 1.96. The first-order valence-electron chi connectivity index (χ1n) is 11.4. The standard InChI is InChI=1S/C27H34N2O2S/c1-7-10-19-13-18(14-23(30-8-2)25(19)31-9-3)17-29-26-22(16-28)21-12-11-20(27(4,5)6)15-24(21)32-26/h7,13-14,17,20H,1,8-12,15H2,2-6H3/t20-/m0/s1. The van der Waals surface area contributed by atoms with Crippen LogP contribution in [0.3, 0.4) is 0 Å². The average molecular weight is 451 g/mol. The van der Waals surface area contributed by atoms with Crippen molar-refractivity contribution in [3.05, 3.63) is 51.9 Å². The van der Waals surface area contributed by atoms with Crippen molar-refractivity contribution in [1.82, 2.24) is 0 Å². The maximum absolute atomic E-state index is 9.85. The van der Waals surface area contributed by atoms with Gasteiger partial charge in [0.1, 0.15) is 11.1 Å². The molecule has 1 aromatic carbocycles. The second-order valence-electron chi connectivity index (χ2n) is 9.23. The summed E-state index contributed by atoms with van der Waals surface area (Å²) in [6.45, 7) is 15.9. The third-order valence-electron chi connectivity index (χ3n) is 6.02. The lowest BCUT2D eigenvalue weighted by Gasteiger charge is -2.33. The normalized spacial score (nSPS) is 15.9. The Morgan fingerprint density at radius 1 is 1.25 bits per heavy atom. The molecule has 1 atom stereocenters. The van der Waals surface area contributed by atoms with Gasteiger partial charge in [-0.25, -0.2) is 4.99 Å². The number of nitriles is 1. The van der Waals surface area contributed by atoms with Gasteiger partial charge < -0.3 is 9.47 Å². The molecule has 0 saturated heterocycles. The zero-order chi connectivity index (χ0) is 23.3. The molecule has 0 N–H and O–H groups in total. The molecule has 0 saturated carbocycles. The number of hydrogen-bond donors (Lipinski definition) is 0. The number of ether oxygens (including phenoxy) is 2. The molecule has 1 heterocycles. The van der Waals surface area contributed by atoms with E-state index in [9.17, 15) is 5.26 Å². The largest absolute Gasteiger partial charge is 0.490 e. The summed E-state index contributed by atoms with van der Waals surface area (Å²) in [5, 5.41) is 10.7. The van der Waals surface area contributed by atoms with Gasteiger partial charge >= 0.3 is 0 Å². The van der Waals surface area contributed by atoms with Gasteiger partial charge in [0.15, 0.2) is 11.5 Å². The highest BCUT2D eigenvalue weighted by Gasteiger charge is 2.32. The molecule has 4 nitrogen and oxygen atoms in total. The highest BCUT2D eigenvalue weighted by molar-refractivity contribution is 7.16. The number of benzene rings is 1. The van der Waals surface area contributed by atoms with Crippen molar-refractivity contribution >= 4 is 22.6 Å². The predicted octanol–water partition coefficient (Wildman–Crippen LogP) is 7.05. The molecular weight excluding hydrogens is 416 g/mol.